The number of carbonyl (C=O) groups is 1. The molecule has 2 aromatic carbocycles. The van der Waals surface area contributed by atoms with Gasteiger partial charge in [-0.15, -0.1) is 11.8 Å². The molecule has 1 fully saturated rings. The maximum atomic E-state index is 14.5. The lowest BCUT2D eigenvalue weighted by Crippen LogP contribution is -2.50. The molecule has 1 saturated heterocycles. The summed E-state index contributed by atoms with van der Waals surface area (Å²) in [7, 11) is -4.78. The van der Waals surface area contributed by atoms with Crippen LogP contribution in [0.25, 0.3) is 11.2 Å². The highest BCUT2D eigenvalue weighted by Crippen LogP contribution is 2.52. The minimum Gasteiger partial charge on any atom is -0.459 e. The summed E-state index contributed by atoms with van der Waals surface area (Å²) in [5.74, 6) is -1.09. The zero-order valence-corrected chi connectivity index (χ0v) is 27.8. The van der Waals surface area contributed by atoms with Crippen molar-refractivity contribution in [1.82, 2.24) is 24.6 Å². The first-order valence-electron chi connectivity index (χ1n) is 14.2. The Kier molecular flexibility index (Phi) is 9.04. The zero-order valence-electron chi connectivity index (χ0n) is 25.3. The van der Waals surface area contributed by atoms with Crippen molar-refractivity contribution in [1.29, 1.82) is 0 Å². The molecule has 3 N–H and O–H groups in total. The molecule has 0 saturated carbocycles. The monoisotopic (exact) mass is 729 g/mol. The number of nitrogens with zero attached hydrogens (tertiary/aromatic N) is 4. The molecule has 0 bridgehead atoms. The van der Waals surface area contributed by atoms with Crippen molar-refractivity contribution in [3.05, 3.63) is 76.8 Å². The van der Waals surface area contributed by atoms with E-state index in [0.717, 1.165) is 12.1 Å². The Morgan fingerprint density at radius 2 is 1.92 bits per heavy atom. The summed E-state index contributed by atoms with van der Waals surface area (Å²) >= 11 is 7.31. The molecular weight excluding hydrogens is 702 g/mol. The molecule has 4 unspecified atom stereocenters. The van der Waals surface area contributed by atoms with Crippen LogP contribution in [0, 0.1) is 0 Å². The largest absolute Gasteiger partial charge is 0.460 e. The number of thioether (sulfide) groups is 1. The van der Waals surface area contributed by atoms with Gasteiger partial charge in [0, 0.05) is 10.6 Å². The molecule has 6 atom stereocenters. The molecule has 48 heavy (non-hydrogen) atoms. The van der Waals surface area contributed by atoms with E-state index in [2.05, 4.69) is 20.0 Å². The number of aliphatic hydroxyl groups excluding tert-OH is 1. The van der Waals surface area contributed by atoms with E-state index in [-0.39, 0.29) is 16.9 Å². The molecule has 0 aliphatic carbocycles. The number of esters is 1. The highest BCUT2D eigenvalue weighted by Gasteiger charge is 2.55. The minimum absolute atomic E-state index is 0.0424. The lowest BCUT2D eigenvalue weighted by molar-refractivity contribution is -0.156. The Balaban J connectivity index is 1.32. The molecule has 256 valence electrons. The minimum atomic E-state index is -4.78. The average molecular weight is 730 g/mol. The summed E-state index contributed by atoms with van der Waals surface area (Å²) in [6.45, 7) is 1.14. The number of carbonyl (C=O) groups excluding carboxylic acids is 1. The van der Waals surface area contributed by atoms with Crippen LogP contribution in [0.15, 0.2) is 60.1 Å². The number of ether oxygens (including phenoxy) is 2. The van der Waals surface area contributed by atoms with Crippen LogP contribution < -0.4 is 9.61 Å². The predicted octanol–water partition coefficient (Wildman–Crippen LogP) is 5.00. The second-order valence-electron chi connectivity index (χ2n) is 11.4. The molecule has 0 amide bonds. The van der Waals surface area contributed by atoms with Gasteiger partial charge in [-0.05, 0) is 56.0 Å². The third-order valence-corrected chi connectivity index (χ3v) is 10.7. The van der Waals surface area contributed by atoms with Crippen molar-refractivity contribution in [2.45, 2.75) is 61.2 Å². The van der Waals surface area contributed by atoms with Crippen LogP contribution in [0.1, 0.15) is 36.8 Å². The fourth-order valence-corrected chi connectivity index (χ4v) is 7.95. The smallest absolute Gasteiger partial charge is 0.459 e. The molecular formula is C29H28ClF3N5O8PS. The topological polar surface area (TPSA) is 167 Å². The maximum absolute atomic E-state index is 14.5. The second kappa shape index (κ2) is 12.6. The van der Waals surface area contributed by atoms with Crippen molar-refractivity contribution in [3.63, 3.8) is 0 Å². The summed E-state index contributed by atoms with van der Waals surface area (Å²) in [6.07, 6.45) is -4.51. The van der Waals surface area contributed by atoms with Crippen molar-refractivity contribution in [3.8, 4) is 5.75 Å². The van der Waals surface area contributed by atoms with Gasteiger partial charge in [0.1, 0.15) is 52.6 Å². The summed E-state index contributed by atoms with van der Waals surface area (Å²) < 4.78 is 80.2. The van der Waals surface area contributed by atoms with Gasteiger partial charge < -0.3 is 24.2 Å². The molecule has 19 heteroatoms. The molecule has 4 aromatic rings. The Hall–Kier alpha value is -3.28. The first kappa shape index (κ1) is 34.6. The second-order valence-corrected chi connectivity index (χ2v) is 14.3. The van der Waals surface area contributed by atoms with Gasteiger partial charge in [-0.3, -0.25) is 9.09 Å². The number of hydrogen-bond acceptors (Lipinski definition) is 12. The Morgan fingerprint density at radius 3 is 2.60 bits per heavy atom. The van der Waals surface area contributed by atoms with E-state index in [9.17, 15) is 32.7 Å². The Bertz CT molecular complexity index is 1920. The molecule has 2 aromatic heterocycles. The van der Waals surface area contributed by atoms with Gasteiger partial charge in [-0.1, -0.05) is 23.7 Å². The number of benzene rings is 2. The van der Waals surface area contributed by atoms with Crippen LogP contribution in [0.3, 0.4) is 0 Å². The Labute approximate surface area is 280 Å². The lowest BCUT2D eigenvalue weighted by atomic mass is 9.85. The normalized spacial score (nSPS) is 27.0. The van der Waals surface area contributed by atoms with E-state index in [4.69, 9.17) is 30.1 Å². The number of hydrogen-bond donors (Lipinski definition) is 3. The highest BCUT2D eigenvalue weighted by atomic mass is 35.5. The summed E-state index contributed by atoms with van der Waals surface area (Å²) in [4.78, 5) is 25.9. The molecule has 6 rings (SSSR count). The van der Waals surface area contributed by atoms with Crippen LogP contribution in [0.4, 0.5) is 13.2 Å². The van der Waals surface area contributed by atoms with Crippen LogP contribution in [0.2, 0.25) is 5.02 Å². The molecule has 4 heterocycles. The average Bonchev–Trinajstić information content (AvgIpc) is 3.56. The number of aliphatic hydroxyl groups is 2. The molecule has 2 aliphatic heterocycles. The van der Waals surface area contributed by atoms with E-state index < -0.39 is 68.2 Å². The van der Waals surface area contributed by atoms with Gasteiger partial charge in [-0.2, -0.15) is 18.3 Å². The fourth-order valence-electron chi connectivity index (χ4n) is 5.66. The molecule has 2 aliphatic rings. The van der Waals surface area contributed by atoms with Crippen molar-refractivity contribution >= 4 is 48.2 Å². The third-order valence-electron chi connectivity index (χ3n) is 8.11. The van der Waals surface area contributed by atoms with Gasteiger partial charge in [-0.25, -0.2) is 24.3 Å². The standard InChI is InChI=1S/C29H28ClF3N5O8PS/c1-27(18-5-4-6-19(29(31,32)33)17(18)11-43-26(27)40)37-47(42,46-16-9-7-15(30)8-10-16)44-12-20-22(39)28(2,41)25(45-20)38-14-36-21-23(38)34-13-35-24(21)48-3/h4-10,13-14,20,22,25,39,41H,11-12H2,1-3H3,(H,37,42)/t20?,22-,25?,27?,28-,47?/m1/s1. The molecule has 0 radical (unpaired) electrons. The number of aromatic nitrogens is 4. The summed E-state index contributed by atoms with van der Waals surface area (Å²) in [6, 6.07) is 8.80. The number of rotatable bonds is 9. The van der Waals surface area contributed by atoms with Crippen molar-refractivity contribution in [2.75, 3.05) is 12.9 Å². The number of alkyl halides is 3. The van der Waals surface area contributed by atoms with E-state index in [1.54, 1.807) is 6.26 Å². The predicted molar refractivity (Wildman–Crippen MR) is 165 cm³/mol. The molecule has 13 nitrogen and oxygen atoms in total. The number of halogens is 4. The lowest BCUT2D eigenvalue weighted by Gasteiger charge is -2.37. The van der Waals surface area contributed by atoms with Gasteiger partial charge in [0.25, 0.3) is 0 Å². The maximum Gasteiger partial charge on any atom is 0.460 e. The SMILES string of the molecule is CSc1ncnc2c1ncn2C1OC(COP(=O)(NC2(C)C(=O)OCc3c(C(F)(F)F)cccc32)Oc2ccc(Cl)cc2)[C@@H](O)[C@@]1(C)O. The number of fused-ring (bicyclic) bond motifs is 2. The summed E-state index contributed by atoms with van der Waals surface area (Å²) in [5, 5.41) is 25.9. The van der Waals surface area contributed by atoms with Crippen LogP contribution in [-0.4, -0.2) is 66.4 Å². The van der Waals surface area contributed by atoms with E-state index in [0.29, 0.717) is 21.2 Å². The van der Waals surface area contributed by atoms with Crippen LogP contribution >= 0.6 is 31.1 Å². The van der Waals surface area contributed by atoms with Gasteiger partial charge in [0.2, 0.25) is 0 Å². The van der Waals surface area contributed by atoms with E-state index in [1.165, 1.54) is 73.2 Å². The van der Waals surface area contributed by atoms with Gasteiger partial charge in [0.15, 0.2) is 11.9 Å². The van der Waals surface area contributed by atoms with Gasteiger partial charge >= 0.3 is 19.9 Å². The van der Waals surface area contributed by atoms with Gasteiger partial charge in [0.05, 0.1) is 18.5 Å². The van der Waals surface area contributed by atoms with Crippen molar-refractivity contribution in [2.24, 2.45) is 0 Å². The number of nitrogens with one attached hydrogen (secondary N) is 1. The number of imidazole rings is 1. The Morgan fingerprint density at radius 1 is 1.19 bits per heavy atom. The third kappa shape index (κ3) is 6.18. The fraction of sp³-hybridized carbons (Fsp3) is 0.379. The van der Waals surface area contributed by atoms with E-state index in [1.807, 2.05) is 0 Å². The number of cyclic esters (lactones) is 1. The van der Waals surface area contributed by atoms with Crippen molar-refractivity contribution < 1.29 is 51.3 Å². The molecule has 0 spiro atoms. The first-order valence-corrected chi connectivity index (χ1v) is 17.4. The highest BCUT2D eigenvalue weighted by molar-refractivity contribution is 7.98. The quantitative estimate of drug-likeness (QED) is 0.0913. The first-order chi connectivity index (χ1) is 22.6. The van der Waals surface area contributed by atoms with Crippen LogP contribution in [0.5, 0.6) is 5.75 Å². The summed E-state index contributed by atoms with van der Waals surface area (Å²) in [5.41, 5.74) is -4.90. The van der Waals surface area contributed by atoms with E-state index >= 15 is 0 Å². The van der Waals surface area contributed by atoms with Crippen LogP contribution in [-0.2, 0) is 41.7 Å². The zero-order chi connectivity index (χ0) is 34.6.